The average Bonchev–Trinajstić information content (AvgIpc) is 2.73. The van der Waals surface area contributed by atoms with Crippen molar-refractivity contribution in [3.8, 4) is 0 Å². The minimum atomic E-state index is -3.27. The van der Waals surface area contributed by atoms with E-state index in [-0.39, 0.29) is 30.2 Å². The molecule has 1 aliphatic rings. The summed E-state index contributed by atoms with van der Waals surface area (Å²) < 4.78 is 25.8. The van der Waals surface area contributed by atoms with Gasteiger partial charge in [0.1, 0.15) is 0 Å². The summed E-state index contributed by atoms with van der Waals surface area (Å²) in [5.74, 6) is -0.350. The second-order valence-electron chi connectivity index (χ2n) is 6.86. The number of rotatable bonds is 6. The zero-order valence-electron chi connectivity index (χ0n) is 15.5. The molecule has 1 atom stereocenters. The fraction of sp³-hybridized carbons (Fsp3) is 0.381. The van der Waals surface area contributed by atoms with E-state index in [1.165, 1.54) is 4.31 Å². The Balaban J connectivity index is 1.79. The highest BCUT2D eigenvalue weighted by Crippen LogP contribution is 2.25. The number of carbonyl (C=O) groups is 1. The van der Waals surface area contributed by atoms with Gasteiger partial charge in [-0.05, 0) is 30.9 Å². The van der Waals surface area contributed by atoms with Crippen molar-refractivity contribution < 1.29 is 13.2 Å². The van der Waals surface area contributed by atoms with E-state index in [4.69, 9.17) is 0 Å². The highest BCUT2D eigenvalue weighted by Gasteiger charge is 2.32. The molecule has 1 heterocycles. The molecule has 0 saturated carbocycles. The number of hydrogen-bond acceptors (Lipinski definition) is 3. The lowest BCUT2D eigenvalue weighted by molar-refractivity contribution is -0.126. The first kappa shape index (κ1) is 19.6. The van der Waals surface area contributed by atoms with Crippen LogP contribution in [0.15, 0.2) is 60.7 Å². The first-order chi connectivity index (χ1) is 13.0. The van der Waals surface area contributed by atoms with Gasteiger partial charge >= 0.3 is 0 Å². The molecule has 1 N–H and O–H groups in total. The normalized spacial score (nSPS) is 18.4. The van der Waals surface area contributed by atoms with Gasteiger partial charge in [-0.15, -0.1) is 0 Å². The summed E-state index contributed by atoms with van der Waals surface area (Å²) in [6.45, 7) is 2.40. The smallest absolute Gasteiger partial charge is 0.225 e. The summed E-state index contributed by atoms with van der Waals surface area (Å²) in [5.41, 5.74) is 2.01. The Morgan fingerprint density at radius 1 is 1.07 bits per heavy atom. The van der Waals surface area contributed by atoms with Crippen LogP contribution in [-0.4, -0.2) is 37.5 Å². The van der Waals surface area contributed by atoms with Crippen molar-refractivity contribution in [1.82, 2.24) is 9.62 Å². The maximum Gasteiger partial charge on any atom is 0.225 e. The fourth-order valence-electron chi connectivity index (χ4n) is 3.50. The van der Waals surface area contributed by atoms with Crippen molar-refractivity contribution in [3.63, 3.8) is 0 Å². The van der Waals surface area contributed by atoms with Gasteiger partial charge in [0.15, 0.2) is 0 Å². The minimum Gasteiger partial charge on any atom is -0.345 e. The molecule has 2 aromatic carbocycles. The second-order valence-corrected chi connectivity index (χ2v) is 9.12. The molecule has 1 fully saturated rings. The number of nitrogens with zero attached hydrogens (tertiary/aromatic N) is 1. The van der Waals surface area contributed by atoms with Crippen LogP contribution in [0.3, 0.4) is 0 Å². The Kier molecular flexibility index (Phi) is 6.29. The molecule has 1 amide bonds. The van der Waals surface area contributed by atoms with Crippen LogP contribution in [0, 0.1) is 5.92 Å². The largest absolute Gasteiger partial charge is 0.345 e. The van der Waals surface area contributed by atoms with Gasteiger partial charge in [-0.2, -0.15) is 0 Å². The maximum atomic E-state index is 13.0. The molecule has 1 aliphatic heterocycles. The van der Waals surface area contributed by atoms with Crippen LogP contribution in [0.4, 0.5) is 0 Å². The number of carbonyl (C=O) groups excluding carboxylic acids is 1. The molecule has 27 heavy (non-hydrogen) atoms. The minimum absolute atomic E-state index is 0.0675. The SMILES string of the molecule is CCS(=O)(=O)N1CCC[C@@H](C(=O)NC(c2ccccc2)c2ccccc2)C1. The lowest BCUT2D eigenvalue weighted by Crippen LogP contribution is -2.46. The van der Waals surface area contributed by atoms with Gasteiger partial charge in [0.2, 0.25) is 15.9 Å². The van der Waals surface area contributed by atoms with Crippen LogP contribution in [0.5, 0.6) is 0 Å². The Labute approximate surface area is 161 Å². The van der Waals surface area contributed by atoms with Crippen molar-refractivity contribution in [2.24, 2.45) is 5.92 Å². The number of piperidine rings is 1. The molecule has 0 bridgehead atoms. The lowest BCUT2D eigenvalue weighted by atomic mass is 9.95. The molecular weight excluding hydrogens is 360 g/mol. The van der Waals surface area contributed by atoms with Crippen LogP contribution < -0.4 is 5.32 Å². The van der Waals surface area contributed by atoms with E-state index in [0.29, 0.717) is 19.4 Å². The zero-order valence-corrected chi connectivity index (χ0v) is 16.4. The summed E-state index contributed by atoms with van der Waals surface area (Å²) in [6.07, 6.45) is 1.41. The summed E-state index contributed by atoms with van der Waals surface area (Å²) in [6, 6.07) is 19.4. The number of sulfonamides is 1. The highest BCUT2D eigenvalue weighted by molar-refractivity contribution is 7.89. The Bertz CT molecular complexity index is 814. The quantitative estimate of drug-likeness (QED) is 0.830. The van der Waals surface area contributed by atoms with E-state index in [0.717, 1.165) is 11.1 Å². The van der Waals surface area contributed by atoms with E-state index in [9.17, 15) is 13.2 Å². The maximum absolute atomic E-state index is 13.0. The molecule has 1 saturated heterocycles. The van der Waals surface area contributed by atoms with Crippen LogP contribution in [0.2, 0.25) is 0 Å². The van der Waals surface area contributed by atoms with Crippen LogP contribution in [0.1, 0.15) is 36.9 Å². The topological polar surface area (TPSA) is 66.5 Å². The molecule has 0 unspecified atom stereocenters. The third-order valence-electron chi connectivity index (χ3n) is 5.07. The van der Waals surface area contributed by atoms with Crippen molar-refractivity contribution in [3.05, 3.63) is 71.8 Å². The van der Waals surface area contributed by atoms with E-state index in [1.54, 1.807) is 6.92 Å². The summed E-state index contributed by atoms with van der Waals surface area (Å²) in [7, 11) is -3.27. The average molecular weight is 387 g/mol. The van der Waals surface area contributed by atoms with Gasteiger partial charge in [0.25, 0.3) is 0 Å². The van der Waals surface area contributed by atoms with Crippen LogP contribution in [0.25, 0.3) is 0 Å². The molecular formula is C21H26N2O3S. The molecule has 2 aromatic rings. The zero-order chi connectivity index (χ0) is 19.3. The van der Waals surface area contributed by atoms with Gasteiger partial charge in [-0.3, -0.25) is 4.79 Å². The van der Waals surface area contributed by atoms with E-state index in [1.807, 2.05) is 60.7 Å². The Morgan fingerprint density at radius 3 is 2.15 bits per heavy atom. The lowest BCUT2D eigenvalue weighted by Gasteiger charge is -2.32. The Hall–Kier alpha value is -2.18. The van der Waals surface area contributed by atoms with Crippen molar-refractivity contribution in [2.45, 2.75) is 25.8 Å². The molecule has 6 heteroatoms. The predicted octanol–water partition coefficient (Wildman–Crippen LogP) is 2.95. The molecule has 0 radical (unpaired) electrons. The third-order valence-corrected chi connectivity index (χ3v) is 6.91. The van der Waals surface area contributed by atoms with Gasteiger partial charge < -0.3 is 5.32 Å². The van der Waals surface area contributed by atoms with Gasteiger partial charge in [0, 0.05) is 13.1 Å². The van der Waals surface area contributed by atoms with Gasteiger partial charge in [-0.25, -0.2) is 12.7 Å². The molecule has 3 rings (SSSR count). The summed E-state index contributed by atoms with van der Waals surface area (Å²) in [5, 5.41) is 3.15. The second kappa shape index (κ2) is 8.67. The Morgan fingerprint density at radius 2 is 1.63 bits per heavy atom. The molecule has 0 aliphatic carbocycles. The number of nitrogens with one attached hydrogen (secondary N) is 1. The van der Waals surface area contributed by atoms with Gasteiger partial charge in [-0.1, -0.05) is 60.7 Å². The number of benzene rings is 2. The van der Waals surface area contributed by atoms with Crippen molar-refractivity contribution in [1.29, 1.82) is 0 Å². The first-order valence-electron chi connectivity index (χ1n) is 9.39. The van der Waals surface area contributed by atoms with Crippen LogP contribution >= 0.6 is 0 Å². The molecule has 5 nitrogen and oxygen atoms in total. The summed E-state index contributed by atoms with van der Waals surface area (Å²) in [4.78, 5) is 13.0. The standard InChI is InChI=1S/C21H26N2O3S/c1-2-27(25,26)23-15-9-14-19(16-23)21(24)22-20(17-10-5-3-6-11-17)18-12-7-4-8-13-18/h3-8,10-13,19-20H,2,9,14-16H2,1H3,(H,22,24)/t19-/m1/s1. The third kappa shape index (κ3) is 4.76. The van der Waals surface area contributed by atoms with Crippen LogP contribution in [-0.2, 0) is 14.8 Å². The molecule has 0 aromatic heterocycles. The predicted molar refractivity (Wildman–Crippen MR) is 107 cm³/mol. The number of hydrogen-bond donors (Lipinski definition) is 1. The van der Waals surface area contributed by atoms with E-state index < -0.39 is 10.0 Å². The monoisotopic (exact) mass is 386 g/mol. The molecule has 144 valence electrons. The van der Waals surface area contributed by atoms with Gasteiger partial charge in [0.05, 0.1) is 17.7 Å². The van der Waals surface area contributed by atoms with E-state index >= 15 is 0 Å². The first-order valence-corrected chi connectivity index (χ1v) is 11.0. The summed E-state index contributed by atoms with van der Waals surface area (Å²) >= 11 is 0. The van der Waals surface area contributed by atoms with E-state index in [2.05, 4.69) is 5.32 Å². The fourth-order valence-corrected chi connectivity index (χ4v) is 4.68. The van der Waals surface area contributed by atoms with Crippen molar-refractivity contribution in [2.75, 3.05) is 18.8 Å². The molecule has 0 spiro atoms. The highest BCUT2D eigenvalue weighted by atomic mass is 32.2. The number of amides is 1. The van der Waals surface area contributed by atoms with Crippen molar-refractivity contribution >= 4 is 15.9 Å².